The fraction of sp³-hybridized carbons (Fsp3) is 1.00. The zero-order valence-electron chi connectivity index (χ0n) is 7.05. The number of nitrogens with one attached hydrogen (secondary N) is 1. The van der Waals surface area contributed by atoms with Gasteiger partial charge in [-0.1, -0.05) is 0 Å². The number of hydroxylamine groups is 1. The molecule has 0 aromatic carbocycles. The molecule has 2 aliphatic heterocycles. The van der Waals surface area contributed by atoms with Gasteiger partial charge in [0, 0.05) is 12.6 Å². The first kappa shape index (κ1) is 7.53. The number of hydrogen-bond acceptors (Lipinski definition) is 3. The second kappa shape index (κ2) is 3.09. The first-order chi connectivity index (χ1) is 5.40. The molecule has 0 aromatic heterocycles. The van der Waals surface area contributed by atoms with Crippen LogP contribution >= 0.6 is 0 Å². The molecule has 0 spiro atoms. The molecule has 3 atom stereocenters. The Kier molecular flexibility index (Phi) is 2.11. The molecule has 3 heteroatoms. The molecule has 0 aliphatic carbocycles. The monoisotopic (exact) mass is 156 g/mol. The Bertz CT molecular complexity index is 140. The normalized spacial score (nSPS) is 42.8. The summed E-state index contributed by atoms with van der Waals surface area (Å²) in [5, 5.41) is 0. The van der Waals surface area contributed by atoms with E-state index >= 15 is 0 Å². The van der Waals surface area contributed by atoms with Crippen LogP contribution in [0.3, 0.4) is 0 Å². The van der Waals surface area contributed by atoms with Crippen LogP contribution in [0.5, 0.6) is 0 Å². The van der Waals surface area contributed by atoms with E-state index < -0.39 is 0 Å². The quantitative estimate of drug-likeness (QED) is 0.579. The fourth-order valence-electron chi connectivity index (χ4n) is 2.26. The van der Waals surface area contributed by atoms with Crippen LogP contribution in [0, 0.1) is 5.92 Å². The Morgan fingerprint density at radius 2 is 2.18 bits per heavy atom. The molecule has 0 aromatic rings. The third-order valence-corrected chi connectivity index (χ3v) is 2.90. The predicted molar refractivity (Wildman–Crippen MR) is 43.1 cm³/mol. The summed E-state index contributed by atoms with van der Waals surface area (Å²) < 4.78 is 0. The average molecular weight is 156 g/mol. The lowest BCUT2D eigenvalue weighted by atomic mass is 9.95. The second-order valence-electron chi connectivity index (χ2n) is 3.57. The maximum atomic E-state index is 4.96. The van der Waals surface area contributed by atoms with Gasteiger partial charge >= 0.3 is 0 Å². The minimum Gasteiger partial charge on any atom is -0.305 e. The molecule has 2 bridgehead atoms. The van der Waals surface area contributed by atoms with Crippen molar-refractivity contribution in [2.45, 2.75) is 18.9 Å². The second-order valence-corrected chi connectivity index (χ2v) is 3.57. The summed E-state index contributed by atoms with van der Waals surface area (Å²) in [5.74, 6) is 0.837. The molecule has 1 N–H and O–H groups in total. The number of rotatable bonds is 2. The van der Waals surface area contributed by atoms with Crippen LogP contribution < -0.4 is 5.48 Å². The summed E-state index contributed by atoms with van der Waals surface area (Å²) in [6.45, 7) is 3.82. The van der Waals surface area contributed by atoms with E-state index in [2.05, 4.69) is 10.4 Å². The van der Waals surface area contributed by atoms with Crippen molar-refractivity contribution in [2.75, 3.05) is 26.7 Å². The van der Waals surface area contributed by atoms with Gasteiger partial charge in [0.25, 0.3) is 0 Å². The van der Waals surface area contributed by atoms with E-state index in [0.29, 0.717) is 6.04 Å². The topological polar surface area (TPSA) is 24.5 Å². The SMILES string of the molecule is CONC1CCN2CCC1C2. The Hall–Kier alpha value is -0.120. The number of fused-ring (bicyclic) bond motifs is 2. The first-order valence-electron chi connectivity index (χ1n) is 4.41. The van der Waals surface area contributed by atoms with Gasteiger partial charge in [0.15, 0.2) is 0 Å². The molecular formula is C8H16N2O. The van der Waals surface area contributed by atoms with Gasteiger partial charge in [-0.05, 0) is 31.8 Å². The van der Waals surface area contributed by atoms with Crippen molar-refractivity contribution < 1.29 is 4.84 Å². The van der Waals surface area contributed by atoms with E-state index in [4.69, 9.17) is 4.84 Å². The van der Waals surface area contributed by atoms with Crippen molar-refractivity contribution >= 4 is 0 Å². The molecular weight excluding hydrogens is 140 g/mol. The van der Waals surface area contributed by atoms with Gasteiger partial charge in [0.2, 0.25) is 0 Å². The van der Waals surface area contributed by atoms with Crippen LogP contribution in [0.2, 0.25) is 0 Å². The summed E-state index contributed by atoms with van der Waals surface area (Å²) in [6.07, 6.45) is 2.60. The van der Waals surface area contributed by atoms with Crippen molar-refractivity contribution in [3.63, 3.8) is 0 Å². The van der Waals surface area contributed by atoms with Crippen molar-refractivity contribution in [3.8, 4) is 0 Å². The Morgan fingerprint density at radius 3 is 3.00 bits per heavy atom. The molecule has 2 heterocycles. The molecule has 11 heavy (non-hydrogen) atoms. The molecule has 0 radical (unpaired) electrons. The van der Waals surface area contributed by atoms with Gasteiger partial charge in [-0.3, -0.25) is 0 Å². The molecule has 64 valence electrons. The van der Waals surface area contributed by atoms with Crippen LogP contribution in [0.1, 0.15) is 12.8 Å². The van der Waals surface area contributed by atoms with Gasteiger partial charge in [0.1, 0.15) is 0 Å². The minimum atomic E-state index is 0.610. The van der Waals surface area contributed by atoms with E-state index in [9.17, 15) is 0 Å². The van der Waals surface area contributed by atoms with Crippen LogP contribution in [0.25, 0.3) is 0 Å². The average Bonchev–Trinajstić information content (AvgIpc) is 2.40. The summed E-state index contributed by atoms with van der Waals surface area (Å²) in [7, 11) is 1.71. The summed E-state index contributed by atoms with van der Waals surface area (Å²) in [5.41, 5.74) is 3.09. The molecule has 2 rings (SSSR count). The molecule has 2 fully saturated rings. The van der Waals surface area contributed by atoms with E-state index in [1.807, 2.05) is 0 Å². The van der Waals surface area contributed by atoms with Crippen LogP contribution in [0.4, 0.5) is 0 Å². The lowest BCUT2D eigenvalue weighted by Crippen LogP contribution is -2.43. The van der Waals surface area contributed by atoms with Gasteiger partial charge in [0.05, 0.1) is 7.11 Å². The predicted octanol–water partition coefficient (Wildman–Crippen LogP) is 0.232. The molecule has 2 saturated heterocycles. The Balaban J connectivity index is 1.91. The highest BCUT2D eigenvalue weighted by Crippen LogP contribution is 2.26. The maximum absolute atomic E-state index is 4.96. The highest BCUT2D eigenvalue weighted by molar-refractivity contribution is 4.89. The van der Waals surface area contributed by atoms with Crippen LogP contribution in [-0.4, -0.2) is 37.7 Å². The number of hydrogen-bond donors (Lipinski definition) is 1. The number of nitrogens with zero attached hydrogens (tertiary/aromatic N) is 1. The smallest absolute Gasteiger partial charge is 0.0572 e. The van der Waals surface area contributed by atoms with Gasteiger partial charge < -0.3 is 9.74 Å². The van der Waals surface area contributed by atoms with Crippen LogP contribution in [-0.2, 0) is 4.84 Å². The molecule has 2 aliphatic rings. The minimum absolute atomic E-state index is 0.610. The maximum Gasteiger partial charge on any atom is 0.0572 e. The third-order valence-electron chi connectivity index (χ3n) is 2.90. The third kappa shape index (κ3) is 1.41. The first-order valence-corrected chi connectivity index (χ1v) is 4.41. The highest BCUT2D eigenvalue weighted by Gasteiger charge is 2.33. The van der Waals surface area contributed by atoms with Crippen molar-refractivity contribution in [3.05, 3.63) is 0 Å². The van der Waals surface area contributed by atoms with Crippen molar-refractivity contribution in [1.29, 1.82) is 0 Å². The number of piperidine rings is 1. The van der Waals surface area contributed by atoms with Crippen LogP contribution in [0.15, 0.2) is 0 Å². The summed E-state index contributed by atoms with van der Waals surface area (Å²) in [4.78, 5) is 7.50. The molecule has 3 unspecified atom stereocenters. The lowest BCUT2D eigenvalue weighted by molar-refractivity contribution is 0.0281. The standard InChI is InChI=1S/C8H16N2O/c1-11-9-8-3-5-10-4-2-7(8)6-10/h7-9H,2-6H2,1H3. The Labute approximate surface area is 67.7 Å². The molecule has 3 nitrogen and oxygen atoms in total. The Morgan fingerprint density at radius 1 is 1.36 bits per heavy atom. The van der Waals surface area contributed by atoms with Gasteiger partial charge in [-0.15, -0.1) is 0 Å². The van der Waals surface area contributed by atoms with Gasteiger partial charge in [-0.2, -0.15) is 5.48 Å². The molecule has 0 amide bonds. The summed E-state index contributed by atoms with van der Waals surface area (Å²) in [6, 6.07) is 0.610. The highest BCUT2D eigenvalue weighted by atomic mass is 16.6. The van der Waals surface area contributed by atoms with E-state index in [1.165, 1.54) is 32.5 Å². The fourth-order valence-corrected chi connectivity index (χ4v) is 2.26. The van der Waals surface area contributed by atoms with E-state index in [-0.39, 0.29) is 0 Å². The molecule has 0 saturated carbocycles. The largest absolute Gasteiger partial charge is 0.305 e. The zero-order valence-corrected chi connectivity index (χ0v) is 7.05. The summed E-state index contributed by atoms with van der Waals surface area (Å²) >= 11 is 0. The lowest BCUT2D eigenvalue weighted by Gasteiger charge is -2.29. The van der Waals surface area contributed by atoms with E-state index in [1.54, 1.807) is 7.11 Å². The van der Waals surface area contributed by atoms with Crippen molar-refractivity contribution in [2.24, 2.45) is 5.92 Å². The van der Waals surface area contributed by atoms with Gasteiger partial charge in [-0.25, -0.2) is 0 Å². The zero-order chi connectivity index (χ0) is 7.68. The van der Waals surface area contributed by atoms with Crippen molar-refractivity contribution in [1.82, 2.24) is 10.4 Å². The van der Waals surface area contributed by atoms with E-state index in [0.717, 1.165) is 5.92 Å².